The summed E-state index contributed by atoms with van der Waals surface area (Å²) in [6.45, 7) is 0. The molecule has 6 heteroatoms. The second-order valence-electron chi connectivity index (χ2n) is 4.39. The fourth-order valence-corrected chi connectivity index (χ4v) is 2.84. The molecule has 2 aromatic rings. The molecule has 112 valence electrons. The van der Waals surface area contributed by atoms with Crippen molar-refractivity contribution >= 4 is 27.5 Å². The van der Waals surface area contributed by atoms with Gasteiger partial charge in [0.05, 0.1) is 13.2 Å². The van der Waals surface area contributed by atoms with E-state index in [1.165, 1.54) is 19.2 Å². The summed E-state index contributed by atoms with van der Waals surface area (Å²) in [7, 11) is 3.14. The number of hydrogen-bond donors (Lipinski definition) is 1. The van der Waals surface area contributed by atoms with Gasteiger partial charge in [-0.05, 0) is 36.9 Å². The van der Waals surface area contributed by atoms with Crippen LogP contribution in [0.5, 0.6) is 5.75 Å². The third kappa shape index (κ3) is 3.36. The fraction of sp³-hybridized carbons (Fsp3) is 0.200. The summed E-state index contributed by atoms with van der Waals surface area (Å²) in [5, 5.41) is 3.26. The van der Waals surface area contributed by atoms with E-state index in [-0.39, 0.29) is 5.56 Å². The van der Waals surface area contributed by atoms with Crippen LogP contribution in [0.25, 0.3) is 0 Å². The second-order valence-corrected chi connectivity index (χ2v) is 5.72. The van der Waals surface area contributed by atoms with Crippen LogP contribution in [0.1, 0.15) is 17.2 Å². The predicted molar refractivity (Wildman–Crippen MR) is 83.0 cm³/mol. The number of halogens is 4. The molecule has 0 heterocycles. The quantitative estimate of drug-likeness (QED) is 0.835. The first kappa shape index (κ1) is 16.2. The molecule has 0 amide bonds. The van der Waals surface area contributed by atoms with Gasteiger partial charge in [0.25, 0.3) is 0 Å². The second kappa shape index (κ2) is 6.73. The summed E-state index contributed by atoms with van der Waals surface area (Å²) >= 11 is 9.26. The SMILES string of the molecule is CNC(c1ccc(OC)cc1Cl)c1c(F)cc(Br)cc1F. The Morgan fingerprint density at radius 2 is 1.81 bits per heavy atom. The van der Waals surface area contributed by atoms with Crippen LogP contribution in [0, 0.1) is 11.6 Å². The summed E-state index contributed by atoms with van der Waals surface area (Å²) in [5.41, 5.74) is 0.493. The maximum absolute atomic E-state index is 14.1. The smallest absolute Gasteiger partial charge is 0.132 e. The minimum Gasteiger partial charge on any atom is -0.497 e. The Bertz CT molecular complexity index is 643. The lowest BCUT2D eigenvalue weighted by Gasteiger charge is -2.20. The van der Waals surface area contributed by atoms with Crippen molar-refractivity contribution in [2.75, 3.05) is 14.2 Å². The van der Waals surface area contributed by atoms with Crippen LogP contribution in [0.4, 0.5) is 8.78 Å². The Morgan fingerprint density at radius 1 is 1.19 bits per heavy atom. The van der Waals surface area contributed by atoms with Gasteiger partial charge in [0, 0.05) is 15.1 Å². The molecule has 0 aliphatic carbocycles. The van der Waals surface area contributed by atoms with E-state index in [2.05, 4.69) is 21.2 Å². The minimum absolute atomic E-state index is 0.0761. The first-order chi connectivity index (χ1) is 9.97. The molecule has 0 saturated heterocycles. The van der Waals surface area contributed by atoms with Gasteiger partial charge < -0.3 is 10.1 Å². The van der Waals surface area contributed by atoms with Crippen molar-refractivity contribution in [1.82, 2.24) is 5.32 Å². The maximum atomic E-state index is 14.1. The van der Waals surface area contributed by atoms with Crippen LogP contribution in [-0.2, 0) is 0 Å². The molecule has 2 rings (SSSR count). The Kier molecular flexibility index (Phi) is 5.19. The highest BCUT2D eigenvalue weighted by Crippen LogP contribution is 2.34. The molecule has 1 N–H and O–H groups in total. The molecule has 0 aliphatic rings. The Morgan fingerprint density at radius 3 is 2.29 bits per heavy atom. The number of hydrogen-bond acceptors (Lipinski definition) is 2. The lowest BCUT2D eigenvalue weighted by Crippen LogP contribution is -2.21. The molecule has 1 atom stereocenters. The van der Waals surface area contributed by atoms with Crippen molar-refractivity contribution in [3.8, 4) is 5.75 Å². The van der Waals surface area contributed by atoms with Crippen LogP contribution in [-0.4, -0.2) is 14.2 Å². The highest BCUT2D eigenvalue weighted by molar-refractivity contribution is 9.10. The van der Waals surface area contributed by atoms with Crippen LogP contribution in [0.15, 0.2) is 34.8 Å². The summed E-state index contributed by atoms with van der Waals surface area (Å²) in [4.78, 5) is 0. The number of methoxy groups -OCH3 is 1. The van der Waals surface area contributed by atoms with Crippen LogP contribution >= 0.6 is 27.5 Å². The average Bonchev–Trinajstić information content (AvgIpc) is 2.43. The van der Waals surface area contributed by atoms with Gasteiger partial charge in [0.1, 0.15) is 17.4 Å². The van der Waals surface area contributed by atoms with E-state index < -0.39 is 17.7 Å². The standard InChI is InChI=1S/C15H13BrClF2NO/c1-20-15(10-4-3-9(21-2)7-11(10)17)14-12(18)5-8(16)6-13(14)19/h3-7,15,20H,1-2H3. The van der Waals surface area contributed by atoms with Crippen LogP contribution in [0.3, 0.4) is 0 Å². The van der Waals surface area contributed by atoms with Gasteiger partial charge in [-0.1, -0.05) is 33.6 Å². The van der Waals surface area contributed by atoms with Gasteiger partial charge >= 0.3 is 0 Å². The van der Waals surface area contributed by atoms with Crippen LogP contribution in [0.2, 0.25) is 5.02 Å². The third-order valence-electron chi connectivity index (χ3n) is 3.14. The zero-order chi connectivity index (χ0) is 15.6. The van der Waals surface area contributed by atoms with Crippen molar-refractivity contribution in [2.45, 2.75) is 6.04 Å². The van der Waals surface area contributed by atoms with Crippen molar-refractivity contribution in [1.29, 1.82) is 0 Å². The zero-order valence-corrected chi connectivity index (χ0v) is 13.7. The van der Waals surface area contributed by atoms with Crippen molar-refractivity contribution in [2.24, 2.45) is 0 Å². The number of benzene rings is 2. The number of nitrogens with one attached hydrogen (secondary N) is 1. The highest BCUT2D eigenvalue weighted by atomic mass is 79.9. The lowest BCUT2D eigenvalue weighted by molar-refractivity contribution is 0.414. The van der Waals surface area contributed by atoms with Gasteiger partial charge in [-0.25, -0.2) is 8.78 Å². The van der Waals surface area contributed by atoms with E-state index in [0.717, 1.165) is 0 Å². The molecule has 21 heavy (non-hydrogen) atoms. The van der Waals surface area contributed by atoms with Gasteiger partial charge in [-0.15, -0.1) is 0 Å². The summed E-state index contributed by atoms with van der Waals surface area (Å²) in [6, 6.07) is 6.73. The molecule has 2 nitrogen and oxygen atoms in total. The monoisotopic (exact) mass is 375 g/mol. The molecule has 0 spiro atoms. The molecule has 0 aliphatic heterocycles. The molecule has 0 saturated carbocycles. The van der Waals surface area contributed by atoms with E-state index in [1.54, 1.807) is 25.2 Å². The molecular weight excluding hydrogens is 364 g/mol. The molecule has 0 fully saturated rings. The fourth-order valence-electron chi connectivity index (χ4n) is 2.15. The van der Waals surface area contributed by atoms with E-state index >= 15 is 0 Å². The van der Waals surface area contributed by atoms with Gasteiger partial charge in [-0.2, -0.15) is 0 Å². The zero-order valence-electron chi connectivity index (χ0n) is 11.4. The van der Waals surface area contributed by atoms with E-state index in [0.29, 0.717) is 20.8 Å². The first-order valence-electron chi connectivity index (χ1n) is 6.13. The molecular formula is C15H13BrClF2NO. The average molecular weight is 377 g/mol. The summed E-state index contributed by atoms with van der Waals surface area (Å²) < 4.78 is 33.7. The van der Waals surface area contributed by atoms with Gasteiger partial charge in [-0.3, -0.25) is 0 Å². The predicted octanol–water partition coefficient (Wildman–Crippen LogP) is 4.70. The highest BCUT2D eigenvalue weighted by Gasteiger charge is 2.23. The summed E-state index contributed by atoms with van der Waals surface area (Å²) in [5.74, 6) is -0.712. The normalized spacial score (nSPS) is 12.3. The van der Waals surface area contributed by atoms with Crippen LogP contribution < -0.4 is 10.1 Å². The lowest BCUT2D eigenvalue weighted by atomic mass is 9.97. The number of ether oxygens (including phenoxy) is 1. The van der Waals surface area contributed by atoms with Gasteiger partial charge in [0.2, 0.25) is 0 Å². The van der Waals surface area contributed by atoms with E-state index in [9.17, 15) is 8.78 Å². The van der Waals surface area contributed by atoms with Crippen molar-refractivity contribution in [3.63, 3.8) is 0 Å². The molecule has 0 radical (unpaired) electrons. The summed E-state index contributed by atoms with van der Waals surface area (Å²) in [6.07, 6.45) is 0. The minimum atomic E-state index is -0.698. The third-order valence-corrected chi connectivity index (χ3v) is 3.92. The first-order valence-corrected chi connectivity index (χ1v) is 7.30. The Hall–Kier alpha value is -1.17. The van der Waals surface area contributed by atoms with E-state index in [1.807, 2.05) is 0 Å². The number of rotatable bonds is 4. The Balaban J connectivity index is 2.55. The molecule has 2 aromatic carbocycles. The molecule has 1 unspecified atom stereocenters. The van der Waals surface area contributed by atoms with Crippen molar-refractivity contribution in [3.05, 3.63) is 62.6 Å². The van der Waals surface area contributed by atoms with Gasteiger partial charge in [0.15, 0.2) is 0 Å². The molecule has 0 bridgehead atoms. The van der Waals surface area contributed by atoms with Crippen molar-refractivity contribution < 1.29 is 13.5 Å². The largest absolute Gasteiger partial charge is 0.497 e. The maximum Gasteiger partial charge on any atom is 0.132 e. The topological polar surface area (TPSA) is 21.3 Å². The molecule has 0 aromatic heterocycles. The Labute approximate surface area is 135 Å². The van der Waals surface area contributed by atoms with E-state index in [4.69, 9.17) is 16.3 Å².